The predicted molar refractivity (Wildman–Crippen MR) is 106 cm³/mol. The van der Waals surface area contributed by atoms with E-state index in [1.165, 1.54) is 6.42 Å². The van der Waals surface area contributed by atoms with E-state index in [4.69, 9.17) is 0 Å². The molecule has 1 aromatic rings. The van der Waals surface area contributed by atoms with E-state index in [1.807, 2.05) is 37.1 Å². The fourth-order valence-electron chi connectivity index (χ4n) is 3.79. The lowest BCUT2D eigenvalue weighted by molar-refractivity contribution is 0.0686. The second-order valence-corrected chi connectivity index (χ2v) is 6.96. The van der Waals surface area contributed by atoms with Crippen molar-refractivity contribution in [2.45, 2.75) is 26.2 Å². The van der Waals surface area contributed by atoms with Crippen molar-refractivity contribution in [1.29, 1.82) is 0 Å². The van der Waals surface area contributed by atoms with Gasteiger partial charge in [0, 0.05) is 37.4 Å². The second kappa shape index (κ2) is 9.24. The van der Waals surface area contributed by atoms with E-state index in [9.17, 15) is 9.59 Å². The van der Waals surface area contributed by atoms with Gasteiger partial charge in [-0.1, -0.05) is 6.07 Å². The van der Waals surface area contributed by atoms with Gasteiger partial charge in [-0.25, -0.2) is 4.79 Å². The lowest BCUT2D eigenvalue weighted by Crippen LogP contribution is -2.39. The molecule has 144 valence electrons. The predicted octanol–water partition coefficient (Wildman–Crippen LogP) is 2.41. The van der Waals surface area contributed by atoms with E-state index in [0.29, 0.717) is 24.6 Å². The SMILES string of the molecule is CNCCC1CCN(C(=O)c2cccc(N3CCNC3=O)c2C)CC1.Cl. The number of nitrogens with one attached hydrogen (secondary N) is 2. The fourth-order valence-corrected chi connectivity index (χ4v) is 3.79. The maximum absolute atomic E-state index is 13.0. The smallest absolute Gasteiger partial charge is 0.322 e. The molecule has 0 bridgehead atoms. The van der Waals surface area contributed by atoms with Gasteiger partial charge >= 0.3 is 6.03 Å². The van der Waals surface area contributed by atoms with Crippen LogP contribution in [0.25, 0.3) is 0 Å². The summed E-state index contributed by atoms with van der Waals surface area (Å²) in [6.45, 7) is 5.92. The van der Waals surface area contributed by atoms with Gasteiger partial charge in [0.25, 0.3) is 5.91 Å². The highest BCUT2D eigenvalue weighted by atomic mass is 35.5. The first kappa shape index (κ1) is 20.5. The Bertz CT molecular complexity index is 644. The summed E-state index contributed by atoms with van der Waals surface area (Å²) in [5.74, 6) is 0.795. The summed E-state index contributed by atoms with van der Waals surface area (Å²) in [4.78, 5) is 28.6. The summed E-state index contributed by atoms with van der Waals surface area (Å²) in [5.41, 5.74) is 2.44. The normalized spacial score (nSPS) is 17.8. The minimum atomic E-state index is -0.0851. The molecule has 0 aromatic heterocycles. The van der Waals surface area contributed by atoms with Crippen LogP contribution < -0.4 is 15.5 Å². The Hall–Kier alpha value is -1.79. The van der Waals surface area contributed by atoms with E-state index >= 15 is 0 Å². The molecule has 0 spiro atoms. The summed E-state index contributed by atoms with van der Waals surface area (Å²) >= 11 is 0. The number of piperidine rings is 1. The first-order valence-electron chi connectivity index (χ1n) is 9.20. The molecule has 0 radical (unpaired) electrons. The van der Waals surface area contributed by atoms with E-state index in [0.717, 1.165) is 43.7 Å². The van der Waals surface area contributed by atoms with Crippen molar-refractivity contribution < 1.29 is 9.59 Å². The fraction of sp³-hybridized carbons (Fsp3) is 0.579. The molecule has 3 amide bonds. The molecule has 6 nitrogen and oxygen atoms in total. The number of halogens is 1. The summed E-state index contributed by atoms with van der Waals surface area (Å²) in [6.07, 6.45) is 3.32. The zero-order valence-corrected chi connectivity index (χ0v) is 16.4. The molecule has 0 saturated carbocycles. The number of nitrogens with zero attached hydrogens (tertiary/aromatic N) is 2. The quantitative estimate of drug-likeness (QED) is 0.824. The van der Waals surface area contributed by atoms with E-state index in [2.05, 4.69) is 10.6 Å². The number of likely N-dealkylation sites (tertiary alicyclic amines) is 1. The topological polar surface area (TPSA) is 64.7 Å². The molecule has 2 fully saturated rings. The average Bonchev–Trinajstić information content (AvgIpc) is 3.06. The Morgan fingerprint density at radius 3 is 2.62 bits per heavy atom. The van der Waals surface area contributed by atoms with Gasteiger partial charge in [0.15, 0.2) is 0 Å². The number of hydrogen-bond acceptors (Lipinski definition) is 3. The largest absolute Gasteiger partial charge is 0.339 e. The molecule has 0 unspecified atom stereocenters. The minimum Gasteiger partial charge on any atom is -0.339 e. The first-order valence-corrected chi connectivity index (χ1v) is 9.20. The van der Waals surface area contributed by atoms with Crippen molar-refractivity contribution in [3.05, 3.63) is 29.3 Å². The number of amides is 3. The van der Waals surface area contributed by atoms with Crippen LogP contribution >= 0.6 is 12.4 Å². The van der Waals surface area contributed by atoms with Crippen LogP contribution in [-0.2, 0) is 0 Å². The first-order chi connectivity index (χ1) is 12.1. The molecule has 2 aliphatic rings. The average molecular weight is 381 g/mol. The number of carbonyl (C=O) groups is 2. The van der Waals surface area contributed by atoms with Gasteiger partial charge in [-0.05, 0) is 63.4 Å². The number of benzene rings is 1. The highest BCUT2D eigenvalue weighted by molar-refractivity contribution is 6.00. The van der Waals surface area contributed by atoms with Crippen LogP contribution in [-0.4, -0.2) is 56.6 Å². The lowest BCUT2D eigenvalue weighted by atomic mass is 9.93. The molecule has 26 heavy (non-hydrogen) atoms. The van der Waals surface area contributed by atoms with Crippen molar-refractivity contribution in [3.63, 3.8) is 0 Å². The molecule has 3 rings (SSSR count). The monoisotopic (exact) mass is 380 g/mol. The zero-order valence-electron chi connectivity index (χ0n) is 15.6. The van der Waals surface area contributed by atoms with Crippen molar-refractivity contribution in [2.75, 3.05) is 44.7 Å². The molecule has 2 N–H and O–H groups in total. The lowest BCUT2D eigenvalue weighted by Gasteiger charge is -2.32. The van der Waals surface area contributed by atoms with Gasteiger partial charge < -0.3 is 15.5 Å². The Balaban J connectivity index is 0.00000243. The van der Waals surface area contributed by atoms with E-state index in [-0.39, 0.29) is 24.3 Å². The minimum absolute atomic E-state index is 0. The molecular weight excluding hydrogens is 352 g/mol. The Morgan fingerprint density at radius 1 is 1.27 bits per heavy atom. The molecule has 2 saturated heterocycles. The summed E-state index contributed by atoms with van der Waals surface area (Å²) < 4.78 is 0. The van der Waals surface area contributed by atoms with Gasteiger partial charge in [-0.3, -0.25) is 9.69 Å². The standard InChI is InChI=1S/C19H28N4O2.ClH/c1-14-16(4-3-5-17(14)23-13-10-21-19(23)25)18(24)22-11-7-15(8-12-22)6-9-20-2;/h3-5,15,20H,6-13H2,1-2H3,(H,21,25);1H. The highest BCUT2D eigenvalue weighted by Crippen LogP contribution is 2.27. The second-order valence-electron chi connectivity index (χ2n) is 6.96. The van der Waals surface area contributed by atoms with Crippen molar-refractivity contribution in [2.24, 2.45) is 5.92 Å². The molecule has 0 aliphatic carbocycles. The zero-order chi connectivity index (χ0) is 17.8. The van der Waals surface area contributed by atoms with Crippen LogP contribution in [0.5, 0.6) is 0 Å². The maximum atomic E-state index is 13.0. The van der Waals surface area contributed by atoms with Gasteiger partial charge in [-0.2, -0.15) is 0 Å². The Labute approximate surface area is 161 Å². The van der Waals surface area contributed by atoms with Crippen LogP contribution in [0.4, 0.5) is 10.5 Å². The Morgan fingerprint density at radius 2 is 2.00 bits per heavy atom. The van der Waals surface area contributed by atoms with Gasteiger partial charge in [-0.15, -0.1) is 12.4 Å². The molecular formula is C19H29ClN4O2. The Kier molecular flexibility index (Phi) is 7.29. The number of rotatable bonds is 5. The third-order valence-corrected chi connectivity index (χ3v) is 5.39. The van der Waals surface area contributed by atoms with Gasteiger partial charge in [0.05, 0.1) is 0 Å². The molecule has 2 aliphatic heterocycles. The van der Waals surface area contributed by atoms with E-state index in [1.54, 1.807) is 4.90 Å². The van der Waals surface area contributed by atoms with Gasteiger partial charge in [0.1, 0.15) is 0 Å². The third kappa shape index (κ3) is 4.30. The van der Waals surface area contributed by atoms with Crippen LogP contribution in [0.3, 0.4) is 0 Å². The third-order valence-electron chi connectivity index (χ3n) is 5.39. The van der Waals surface area contributed by atoms with Crippen LogP contribution in [0.2, 0.25) is 0 Å². The van der Waals surface area contributed by atoms with Crippen molar-refractivity contribution >= 4 is 30.0 Å². The highest BCUT2D eigenvalue weighted by Gasteiger charge is 2.27. The molecule has 7 heteroatoms. The van der Waals surface area contributed by atoms with E-state index < -0.39 is 0 Å². The number of hydrogen-bond donors (Lipinski definition) is 2. The van der Waals surface area contributed by atoms with Crippen molar-refractivity contribution in [3.8, 4) is 0 Å². The molecule has 2 heterocycles. The summed E-state index contributed by atoms with van der Waals surface area (Å²) in [6, 6.07) is 5.59. The molecule has 0 atom stereocenters. The van der Waals surface area contributed by atoms with Gasteiger partial charge in [0.2, 0.25) is 0 Å². The summed E-state index contributed by atoms with van der Waals surface area (Å²) in [7, 11) is 1.98. The maximum Gasteiger partial charge on any atom is 0.322 e. The van der Waals surface area contributed by atoms with Crippen LogP contribution in [0.1, 0.15) is 35.2 Å². The van der Waals surface area contributed by atoms with Crippen LogP contribution in [0.15, 0.2) is 18.2 Å². The van der Waals surface area contributed by atoms with Crippen molar-refractivity contribution in [1.82, 2.24) is 15.5 Å². The van der Waals surface area contributed by atoms with Crippen LogP contribution in [0, 0.1) is 12.8 Å². The number of urea groups is 1. The number of carbonyl (C=O) groups excluding carboxylic acids is 2. The number of anilines is 1. The molecule has 1 aromatic carbocycles. The summed E-state index contributed by atoms with van der Waals surface area (Å²) in [5, 5.41) is 6.02.